The number of hydrogen-bond acceptors (Lipinski definition) is 5. The molecule has 3 heterocycles. The van der Waals surface area contributed by atoms with Crippen LogP contribution in [0.25, 0.3) is 21.8 Å². The van der Waals surface area contributed by atoms with Crippen molar-refractivity contribution in [2.45, 2.75) is 12.2 Å². The van der Waals surface area contributed by atoms with Gasteiger partial charge in [-0.25, -0.2) is 9.37 Å². The van der Waals surface area contributed by atoms with Crippen LogP contribution in [0.2, 0.25) is 0 Å². The number of nitrogens with zero attached hydrogens (tertiary/aromatic N) is 4. The van der Waals surface area contributed by atoms with E-state index >= 15 is 0 Å². The fourth-order valence-electron chi connectivity index (χ4n) is 4.16. The quantitative estimate of drug-likeness (QED) is 0.457. The topological polar surface area (TPSA) is 86.3 Å². The van der Waals surface area contributed by atoms with Crippen LogP contribution in [0.1, 0.15) is 27.5 Å². The Balaban J connectivity index is 1.55. The van der Waals surface area contributed by atoms with E-state index in [1.54, 1.807) is 11.7 Å². The van der Waals surface area contributed by atoms with Crippen molar-refractivity contribution in [2.75, 3.05) is 19.4 Å². The van der Waals surface area contributed by atoms with E-state index in [4.69, 9.17) is 10.5 Å². The molecule has 1 aliphatic heterocycles. The summed E-state index contributed by atoms with van der Waals surface area (Å²) in [4.78, 5) is 18.7. The Kier molecular flexibility index (Phi) is 4.49. The summed E-state index contributed by atoms with van der Waals surface area (Å²) in [5.74, 6) is -1.20. The van der Waals surface area contributed by atoms with E-state index in [1.807, 2.05) is 0 Å². The predicted octanol–water partition coefficient (Wildman–Crippen LogP) is 4.07. The van der Waals surface area contributed by atoms with E-state index < -0.39 is 29.5 Å². The largest absolute Gasteiger partial charge is 0.491 e. The van der Waals surface area contributed by atoms with Crippen molar-refractivity contribution in [1.82, 2.24) is 19.7 Å². The molecule has 33 heavy (non-hydrogen) atoms. The van der Waals surface area contributed by atoms with Gasteiger partial charge in [0.1, 0.15) is 24.0 Å². The van der Waals surface area contributed by atoms with Crippen LogP contribution in [-0.2, 0) is 13.2 Å². The minimum absolute atomic E-state index is 0.0435. The normalized spacial score (nSPS) is 15.6. The van der Waals surface area contributed by atoms with Crippen molar-refractivity contribution < 1.29 is 27.1 Å². The molecule has 1 atom stereocenters. The molecule has 0 spiro atoms. The van der Waals surface area contributed by atoms with Crippen LogP contribution in [0.4, 0.5) is 23.4 Å². The molecule has 2 aromatic carbocycles. The van der Waals surface area contributed by atoms with Crippen molar-refractivity contribution in [3.63, 3.8) is 0 Å². The van der Waals surface area contributed by atoms with Crippen molar-refractivity contribution in [3.8, 4) is 5.75 Å². The van der Waals surface area contributed by atoms with Crippen molar-refractivity contribution in [2.24, 2.45) is 7.05 Å². The SMILES string of the molecule is CN(C(=O)c1cc2c(cc1F)nc(N)c1cnn(C)c12)[C@H]1COc2cc(C(F)(F)F)ccc21. The lowest BCUT2D eigenvalue weighted by Crippen LogP contribution is -2.32. The van der Waals surface area contributed by atoms with E-state index in [0.717, 1.165) is 18.2 Å². The maximum absolute atomic E-state index is 14.9. The van der Waals surface area contributed by atoms with Crippen molar-refractivity contribution in [3.05, 3.63) is 59.0 Å². The number of nitrogen functional groups attached to an aromatic ring is 1. The number of likely N-dealkylation sites (N-methyl/N-ethyl adjacent to an activating group) is 1. The lowest BCUT2D eigenvalue weighted by atomic mass is 10.0. The van der Waals surface area contributed by atoms with Crippen LogP contribution in [-0.4, -0.2) is 39.2 Å². The second-order valence-electron chi connectivity index (χ2n) is 7.87. The highest BCUT2D eigenvalue weighted by atomic mass is 19.4. The van der Waals surface area contributed by atoms with Gasteiger partial charge in [-0.2, -0.15) is 18.3 Å². The Labute approximate surface area is 184 Å². The number of ether oxygens (including phenoxy) is 1. The van der Waals surface area contributed by atoms with Gasteiger partial charge in [0.25, 0.3) is 5.91 Å². The number of aromatic nitrogens is 3. The number of pyridine rings is 1. The van der Waals surface area contributed by atoms with Gasteiger partial charge in [-0.3, -0.25) is 9.48 Å². The van der Waals surface area contributed by atoms with Gasteiger partial charge in [0.05, 0.1) is 39.8 Å². The fourth-order valence-corrected chi connectivity index (χ4v) is 4.16. The van der Waals surface area contributed by atoms with E-state index in [2.05, 4.69) is 10.1 Å². The van der Waals surface area contributed by atoms with Crippen LogP contribution in [0.5, 0.6) is 5.75 Å². The summed E-state index contributed by atoms with van der Waals surface area (Å²) in [7, 11) is 3.15. The number of hydrogen-bond donors (Lipinski definition) is 1. The Morgan fingerprint density at radius 2 is 2.00 bits per heavy atom. The molecular formula is C22H17F4N5O2. The van der Waals surface area contributed by atoms with E-state index in [9.17, 15) is 22.4 Å². The van der Waals surface area contributed by atoms with E-state index in [-0.39, 0.29) is 29.3 Å². The second kappa shape index (κ2) is 7.06. The highest BCUT2D eigenvalue weighted by Gasteiger charge is 2.36. The molecule has 5 rings (SSSR count). The molecule has 0 radical (unpaired) electrons. The monoisotopic (exact) mass is 459 g/mol. The number of fused-ring (bicyclic) bond motifs is 4. The number of halogens is 4. The van der Waals surface area contributed by atoms with Crippen molar-refractivity contribution in [1.29, 1.82) is 0 Å². The zero-order valence-corrected chi connectivity index (χ0v) is 17.4. The molecule has 0 fully saturated rings. The van der Waals surface area contributed by atoms with Gasteiger partial charge in [-0.15, -0.1) is 0 Å². The maximum Gasteiger partial charge on any atom is 0.416 e. The van der Waals surface area contributed by atoms with E-state index in [0.29, 0.717) is 21.9 Å². The lowest BCUT2D eigenvalue weighted by Gasteiger charge is -2.24. The molecular weight excluding hydrogens is 442 g/mol. The number of benzene rings is 2. The Bertz CT molecular complexity index is 1450. The average Bonchev–Trinajstić information content (AvgIpc) is 3.36. The third kappa shape index (κ3) is 3.22. The summed E-state index contributed by atoms with van der Waals surface area (Å²) in [6.45, 7) is -0.0435. The molecule has 0 aliphatic carbocycles. The lowest BCUT2D eigenvalue weighted by molar-refractivity contribution is -0.137. The average molecular weight is 459 g/mol. The summed E-state index contributed by atoms with van der Waals surface area (Å²) in [5.41, 5.74) is 6.19. The number of rotatable bonds is 2. The van der Waals surface area contributed by atoms with Crippen LogP contribution < -0.4 is 10.5 Å². The van der Waals surface area contributed by atoms with Crippen LogP contribution in [0.3, 0.4) is 0 Å². The third-order valence-corrected chi connectivity index (χ3v) is 5.91. The number of aryl methyl sites for hydroxylation is 1. The summed E-state index contributed by atoms with van der Waals surface area (Å²) in [5, 5.41) is 5.23. The number of alkyl halides is 3. The molecule has 0 saturated carbocycles. The zero-order valence-electron chi connectivity index (χ0n) is 17.4. The van der Waals surface area contributed by atoms with Crippen LogP contribution >= 0.6 is 0 Å². The molecule has 2 N–H and O–H groups in total. The highest BCUT2D eigenvalue weighted by molar-refractivity contribution is 6.10. The van der Waals surface area contributed by atoms with Gasteiger partial charge in [-0.1, -0.05) is 6.07 Å². The minimum Gasteiger partial charge on any atom is -0.491 e. The number of carbonyl (C=O) groups excluding carboxylic acids is 1. The first-order chi connectivity index (χ1) is 15.6. The first-order valence-electron chi connectivity index (χ1n) is 9.88. The molecule has 0 unspecified atom stereocenters. The van der Waals surface area contributed by atoms with Crippen LogP contribution in [0.15, 0.2) is 36.5 Å². The molecule has 0 bridgehead atoms. The van der Waals surface area contributed by atoms with E-state index in [1.165, 1.54) is 30.3 Å². The van der Waals surface area contributed by atoms with Gasteiger partial charge in [0.15, 0.2) is 0 Å². The van der Waals surface area contributed by atoms with Gasteiger partial charge < -0.3 is 15.4 Å². The molecule has 170 valence electrons. The van der Waals surface area contributed by atoms with Gasteiger partial charge in [0, 0.05) is 31.1 Å². The number of nitrogens with two attached hydrogens (primary N) is 1. The molecule has 11 heteroatoms. The first-order valence-corrected chi connectivity index (χ1v) is 9.88. The predicted molar refractivity (Wildman–Crippen MR) is 112 cm³/mol. The highest BCUT2D eigenvalue weighted by Crippen LogP contribution is 2.40. The van der Waals surface area contributed by atoms with Crippen LogP contribution in [0, 0.1) is 5.82 Å². The van der Waals surface area contributed by atoms with Gasteiger partial charge in [0.2, 0.25) is 0 Å². The Hall–Kier alpha value is -3.89. The first kappa shape index (κ1) is 21.0. The number of amides is 1. The summed E-state index contributed by atoms with van der Waals surface area (Å²) in [6, 6.07) is 4.97. The number of carbonyl (C=O) groups is 1. The fraction of sp³-hybridized carbons (Fsp3) is 0.227. The second-order valence-corrected chi connectivity index (χ2v) is 7.87. The Morgan fingerprint density at radius 1 is 1.24 bits per heavy atom. The van der Waals surface area contributed by atoms with Gasteiger partial charge >= 0.3 is 6.18 Å². The third-order valence-electron chi connectivity index (χ3n) is 5.91. The molecule has 0 saturated heterocycles. The standard InChI is InChI=1S/C22H17F4N5O2/c1-30(17-9-33-18-5-10(22(24,25)26)3-4-11(17)18)21(32)12-6-13-16(7-15(12)23)29-20(27)14-8-28-31(2)19(13)14/h3-8,17H,9H2,1-2H3,(H2,27,29)/t17-/m0/s1. The summed E-state index contributed by atoms with van der Waals surface area (Å²) in [6.07, 6.45) is -2.98. The number of anilines is 1. The van der Waals surface area contributed by atoms with Gasteiger partial charge in [-0.05, 0) is 18.2 Å². The molecule has 1 amide bonds. The molecule has 1 aliphatic rings. The molecule has 4 aromatic rings. The van der Waals surface area contributed by atoms with Crippen molar-refractivity contribution >= 4 is 33.5 Å². The maximum atomic E-state index is 14.9. The molecule has 7 nitrogen and oxygen atoms in total. The minimum atomic E-state index is -4.51. The summed E-state index contributed by atoms with van der Waals surface area (Å²) < 4.78 is 60.9. The zero-order chi connectivity index (χ0) is 23.7. The Morgan fingerprint density at radius 3 is 2.73 bits per heavy atom. The molecule has 2 aromatic heterocycles. The smallest absolute Gasteiger partial charge is 0.416 e. The summed E-state index contributed by atoms with van der Waals surface area (Å²) >= 11 is 0.